The lowest BCUT2D eigenvalue weighted by atomic mass is 10.3. The SMILES string of the molecule is CCCc1nc(NC)cc(N(C)Cc2ccsc2)n1. The number of anilines is 2. The van der Waals surface area contributed by atoms with Crippen LogP contribution in [0.3, 0.4) is 0 Å². The molecule has 5 heteroatoms. The fourth-order valence-electron chi connectivity index (χ4n) is 1.88. The van der Waals surface area contributed by atoms with Gasteiger partial charge in [-0.15, -0.1) is 0 Å². The van der Waals surface area contributed by atoms with Crippen molar-refractivity contribution >= 4 is 23.0 Å². The first kappa shape index (κ1) is 13.8. The van der Waals surface area contributed by atoms with E-state index >= 15 is 0 Å². The highest BCUT2D eigenvalue weighted by molar-refractivity contribution is 7.07. The van der Waals surface area contributed by atoms with E-state index < -0.39 is 0 Å². The summed E-state index contributed by atoms with van der Waals surface area (Å²) in [7, 11) is 3.95. The molecule has 0 unspecified atom stereocenters. The zero-order valence-corrected chi connectivity index (χ0v) is 12.5. The summed E-state index contributed by atoms with van der Waals surface area (Å²) in [5.74, 6) is 2.75. The Bertz CT molecular complexity index is 510. The smallest absolute Gasteiger partial charge is 0.134 e. The molecule has 0 spiro atoms. The predicted molar refractivity (Wildman–Crippen MR) is 82.0 cm³/mol. The number of thiophene rings is 1. The molecule has 0 saturated heterocycles. The first-order valence-electron chi connectivity index (χ1n) is 6.51. The minimum atomic E-state index is 0.870. The average Bonchev–Trinajstić information content (AvgIpc) is 2.91. The normalized spacial score (nSPS) is 10.5. The molecule has 19 heavy (non-hydrogen) atoms. The van der Waals surface area contributed by atoms with Crippen molar-refractivity contribution in [2.75, 3.05) is 24.3 Å². The average molecular weight is 276 g/mol. The lowest BCUT2D eigenvalue weighted by molar-refractivity contribution is 0.814. The van der Waals surface area contributed by atoms with Crippen molar-refractivity contribution in [1.82, 2.24) is 9.97 Å². The zero-order chi connectivity index (χ0) is 13.7. The standard InChI is InChI=1S/C14H20N4S/c1-4-5-12-16-13(15-2)8-14(17-12)18(3)9-11-6-7-19-10-11/h6-8,10H,4-5,9H2,1-3H3,(H,15,16,17). The third-order valence-electron chi connectivity index (χ3n) is 2.88. The molecule has 0 bridgehead atoms. The molecule has 0 radical (unpaired) electrons. The van der Waals surface area contributed by atoms with Crippen molar-refractivity contribution in [3.63, 3.8) is 0 Å². The lowest BCUT2D eigenvalue weighted by Crippen LogP contribution is -2.18. The second-order valence-corrected chi connectivity index (χ2v) is 5.30. The summed E-state index contributed by atoms with van der Waals surface area (Å²) < 4.78 is 0. The third-order valence-corrected chi connectivity index (χ3v) is 3.61. The maximum absolute atomic E-state index is 4.63. The summed E-state index contributed by atoms with van der Waals surface area (Å²) in [6, 6.07) is 4.14. The number of rotatable bonds is 6. The van der Waals surface area contributed by atoms with Crippen molar-refractivity contribution in [1.29, 1.82) is 0 Å². The third kappa shape index (κ3) is 3.67. The Morgan fingerprint density at radius 1 is 1.37 bits per heavy atom. The van der Waals surface area contributed by atoms with Gasteiger partial charge in [-0.25, -0.2) is 9.97 Å². The molecule has 0 aromatic carbocycles. The van der Waals surface area contributed by atoms with E-state index in [1.54, 1.807) is 11.3 Å². The summed E-state index contributed by atoms with van der Waals surface area (Å²) >= 11 is 1.72. The topological polar surface area (TPSA) is 41.1 Å². The molecule has 2 rings (SSSR count). The van der Waals surface area contributed by atoms with Gasteiger partial charge < -0.3 is 10.2 Å². The van der Waals surface area contributed by atoms with Gasteiger partial charge in [-0.05, 0) is 28.8 Å². The zero-order valence-electron chi connectivity index (χ0n) is 11.7. The van der Waals surface area contributed by atoms with Crippen LogP contribution in [0.15, 0.2) is 22.9 Å². The maximum Gasteiger partial charge on any atom is 0.134 e. The summed E-state index contributed by atoms with van der Waals surface area (Å²) in [4.78, 5) is 11.3. The van der Waals surface area contributed by atoms with E-state index in [9.17, 15) is 0 Å². The minimum absolute atomic E-state index is 0.870. The molecule has 2 aromatic rings. The molecule has 0 saturated carbocycles. The van der Waals surface area contributed by atoms with Crippen molar-refractivity contribution in [2.24, 2.45) is 0 Å². The summed E-state index contributed by atoms with van der Waals surface area (Å²) in [6.07, 6.45) is 1.97. The maximum atomic E-state index is 4.63. The van der Waals surface area contributed by atoms with Crippen LogP contribution >= 0.6 is 11.3 Å². The highest BCUT2D eigenvalue weighted by atomic mass is 32.1. The number of aryl methyl sites for hydroxylation is 1. The Morgan fingerprint density at radius 3 is 2.84 bits per heavy atom. The van der Waals surface area contributed by atoms with Gasteiger partial charge in [-0.2, -0.15) is 11.3 Å². The fraction of sp³-hybridized carbons (Fsp3) is 0.429. The highest BCUT2D eigenvalue weighted by Gasteiger charge is 2.08. The second-order valence-electron chi connectivity index (χ2n) is 4.52. The minimum Gasteiger partial charge on any atom is -0.373 e. The summed E-state index contributed by atoms with van der Waals surface area (Å²) in [6.45, 7) is 3.01. The van der Waals surface area contributed by atoms with E-state index in [0.717, 1.165) is 36.8 Å². The van der Waals surface area contributed by atoms with Crippen LogP contribution in [0.4, 0.5) is 11.6 Å². The first-order chi connectivity index (χ1) is 9.22. The largest absolute Gasteiger partial charge is 0.373 e. The van der Waals surface area contributed by atoms with Crippen LogP contribution in [0.5, 0.6) is 0 Å². The molecule has 2 heterocycles. The quantitative estimate of drug-likeness (QED) is 0.880. The van der Waals surface area contributed by atoms with Gasteiger partial charge in [0, 0.05) is 33.1 Å². The molecule has 2 aromatic heterocycles. The van der Waals surface area contributed by atoms with Gasteiger partial charge >= 0.3 is 0 Å². The van der Waals surface area contributed by atoms with E-state index in [-0.39, 0.29) is 0 Å². The molecule has 0 amide bonds. The van der Waals surface area contributed by atoms with Crippen LogP contribution in [0.2, 0.25) is 0 Å². The van der Waals surface area contributed by atoms with Crippen molar-refractivity contribution in [3.05, 3.63) is 34.3 Å². The van der Waals surface area contributed by atoms with E-state index in [0.29, 0.717) is 0 Å². The predicted octanol–water partition coefficient (Wildman–Crippen LogP) is 3.17. The van der Waals surface area contributed by atoms with Crippen LogP contribution < -0.4 is 10.2 Å². The molecular weight excluding hydrogens is 256 g/mol. The molecule has 1 N–H and O–H groups in total. The summed E-state index contributed by atoms with van der Waals surface area (Å²) in [5, 5.41) is 7.38. The van der Waals surface area contributed by atoms with Gasteiger partial charge in [0.25, 0.3) is 0 Å². The van der Waals surface area contributed by atoms with E-state index in [1.807, 2.05) is 13.1 Å². The van der Waals surface area contributed by atoms with E-state index in [1.165, 1.54) is 5.56 Å². The first-order valence-corrected chi connectivity index (χ1v) is 7.45. The van der Waals surface area contributed by atoms with Crippen molar-refractivity contribution in [3.8, 4) is 0 Å². The molecule has 0 fully saturated rings. The Kier molecular flexibility index (Phi) is 4.74. The Hall–Kier alpha value is -1.62. The van der Waals surface area contributed by atoms with Crippen LogP contribution in [0.25, 0.3) is 0 Å². The number of aromatic nitrogens is 2. The van der Waals surface area contributed by atoms with Crippen LogP contribution in [-0.2, 0) is 13.0 Å². The number of nitrogens with one attached hydrogen (secondary N) is 1. The molecule has 0 aliphatic heterocycles. The van der Waals surface area contributed by atoms with Gasteiger partial charge in [0.05, 0.1) is 0 Å². The number of hydrogen-bond donors (Lipinski definition) is 1. The Labute approximate surface area is 118 Å². The molecule has 4 nitrogen and oxygen atoms in total. The van der Waals surface area contributed by atoms with Crippen LogP contribution in [-0.4, -0.2) is 24.1 Å². The van der Waals surface area contributed by atoms with Crippen molar-refractivity contribution < 1.29 is 0 Å². The van der Waals surface area contributed by atoms with E-state index in [4.69, 9.17) is 0 Å². The molecule has 0 aliphatic rings. The monoisotopic (exact) mass is 276 g/mol. The second kappa shape index (κ2) is 6.52. The Balaban J connectivity index is 2.19. The van der Waals surface area contributed by atoms with E-state index in [2.05, 4.69) is 51.0 Å². The summed E-state index contributed by atoms with van der Waals surface area (Å²) in [5.41, 5.74) is 1.31. The van der Waals surface area contributed by atoms with Gasteiger partial charge in [-0.3, -0.25) is 0 Å². The van der Waals surface area contributed by atoms with Crippen molar-refractivity contribution in [2.45, 2.75) is 26.3 Å². The lowest BCUT2D eigenvalue weighted by Gasteiger charge is -2.19. The fourth-order valence-corrected chi connectivity index (χ4v) is 2.54. The van der Waals surface area contributed by atoms with Gasteiger partial charge in [0.15, 0.2) is 0 Å². The molecule has 102 valence electrons. The Morgan fingerprint density at radius 2 is 2.21 bits per heavy atom. The number of nitrogens with zero attached hydrogens (tertiary/aromatic N) is 3. The highest BCUT2D eigenvalue weighted by Crippen LogP contribution is 2.18. The van der Waals surface area contributed by atoms with Crippen LogP contribution in [0, 0.1) is 0 Å². The molecular formula is C14H20N4S. The van der Waals surface area contributed by atoms with Crippen LogP contribution in [0.1, 0.15) is 24.7 Å². The number of hydrogen-bond acceptors (Lipinski definition) is 5. The van der Waals surface area contributed by atoms with Gasteiger partial charge in [0.2, 0.25) is 0 Å². The van der Waals surface area contributed by atoms with Gasteiger partial charge in [0.1, 0.15) is 17.5 Å². The molecule has 0 atom stereocenters. The molecule has 0 aliphatic carbocycles. The van der Waals surface area contributed by atoms with Gasteiger partial charge in [-0.1, -0.05) is 6.92 Å².